The minimum absolute atomic E-state index is 0.0168. The normalized spacial score (nSPS) is 12.7. The van der Waals surface area contributed by atoms with Gasteiger partial charge in [-0.05, 0) is 48.5 Å². The zero-order valence-corrected chi connectivity index (χ0v) is 46.2. The van der Waals surface area contributed by atoms with Crippen LogP contribution in [0, 0.1) is 0 Å². The molecule has 416 valence electrons. The van der Waals surface area contributed by atoms with Crippen molar-refractivity contribution >= 4 is 63.7 Å². The van der Waals surface area contributed by atoms with Crippen molar-refractivity contribution in [3.63, 3.8) is 0 Å². The molecule has 28 heteroatoms. The molecule has 0 atom stereocenters. The Morgan fingerprint density at radius 1 is 0.329 bits per heavy atom. The van der Waals surface area contributed by atoms with Crippen LogP contribution in [-0.4, -0.2) is 139 Å². The zero-order valence-electron chi connectivity index (χ0n) is 42.9. The summed E-state index contributed by atoms with van der Waals surface area (Å²) in [6, 6.07) is 9.42. The summed E-state index contributed by atoms with van der Waals surface area (Å²) in [5.74, 6) is -3.89. The van der Waals surface area contributed by atoms with E-state index in [0.717, 1.165) is 27.7 Å². The molecule has 0 aromatic heterocycles. The number of hydrogen-bond acceptors (Lipinski definition) is 20. The highest BCUT2D eigenvalue weighted by Crippen LogP contribution is 2.42. The molecule has 5 rings (SSSR count). The van der Waals surface area contributed by atoms with Crippen LogP contribution >= 0.6 is 0 Å². The van der Waals surface area contributed by atoms with Crippen molar-refractivity contribution in [2.24, 2.45) is 0 Å². The van der Waals surface area contributed by atoms with Crippen molar-refractivity contribution in [2.75, 3.05) is 81.3 Å². The lowest BCUT2D eigenvalue weighted by Crippen LogP contribution is -2.29. The fraction of sp³-hybridized carbons (Fsp3) is 0.417. The van der Waals surface area contributed by atoms with Gasteiger partial charge in [-0.3, -0.25) is 19.2 Å². The van der Waals surface area contributed by atoms with E-state index < -0.39 is 109 Å². The van der Waals surface area contributed by atoms with Gasteiger partial charge in [0.25, 0.3) is 40.1 Å². The Balaban J connectivity index is 2.13. The number of hydrogen-bond donors (Lipinski definition) is 4. The fourth-order valence-electron chi connectivity index (χ4n) is 8.02. The van der Waals surface area contributed by atoms with Gasteiger partial charge in [-0.2, -0.15) is 0 Å². The molecule has 1 aliphatic rings. The second-order valence-corrected chi connectivity index (χ2v) is 23.7. The maximum atomic E-state index is 14.1. The van der Waals surface area contributed by atoms with E-state index in [0.29, 0.717) is 0 Å². The molecule has 76 heavy (non-hydrogen) atoms. The molecular formula is C48H60N4O20S4. The van der Waals surface area contributed by atoms with Crippen molar-refractivity contribution in [3.05, 3.63) is 93.0 Å². The van der Waals surface area contributed by atoms with Gasteiger partial charge in [0, 0.05) is 126 Å². The number of methoxy groups -OCH3 is 4. The van der Waals surface area contributed by atoms with E-state index >= 15 is 0 Å². The first-order valence-electron chi connectivity index (χ1n) is 23.0. The summed E-state index contributed by atoms with van der Waals surface area (Å²) >= 11 is 0. The van der Waals surface area contributed by atoms with Crippen molar-refractivity contribution in [2.45, 2.75) is 73.0 Å². The van der Waals surface area contributed by atoms with Gasteiger partial charge in [-0.1, -0.05) is 0 Å². The summed E-state index contributed by atoms with van der Waals surface area (Å²) in [6.07, 6.45) is -1.79. The van der Waals surface area contributed by atoms with Gasteiger partial charge in [0.2, 0.25) is 23.6 Å². The van der Waals surface area contributed by atoms with Crippen LogP contribution in [0.2, 0.25) is 0 Å². The predicted octanol–water partition coefficient (Wildman–Crippen LogP) is 1.76. The third-order valence-corrected chi connectivity index (χ3v) is 16.5. The summed E-state index contributed by atoms with van der Waals surface area (Å²) in [5.41, 5.74) is 0.219. The number of carbonyl (C=O) groups excluding carboxylic acids is 4. The Labute approximate surface area is 441 Å². The van der Waals surface area contributed by atoms with Gasteiger partial charge in [0.15, 0.2) is 0 Å². The SMILES string of the molecule is COCCOc1c2cc(S(=O)(=O)NC(C)=O)cc1Cc1cc(S(=O)(=O)NC(C)=O)cc(c1OCCOC)Cc1cc(S(=O)(=O)NC(C)=O)cc(c1OCCOC)Cc1cc(S(=O)(=O)NC(C)=O)cc(c1OCCOC)C2. The minimum Gasteiger partial charge on any atom is -0.491 e. The van der Waals surface area contributed by atoms with Gasteiger partial charge in [0.05, 0.1) is 46.0 Å². The number of carbonyl (C=O) groups is 4. The quantitative estimate of drug-likeness (QED) is 0.0640. The molecule has 0 unspecified atom stereocenters. The molecule has 0 aliphatic heterocycles. The fourth-order valence-corrected chi connectivity index (χ4v) is 12.4. The highest BCUT2D eigenvalue weighted by molar-refractivity contribution is 7.91. The number of fused-ring (bicyclic) bond motifs is 8. The van der Waals surface area contributed by atoms with Crippen molar-refractivity contribution in [3.8, 4) is 23.0 Å². The Hall–Kier alpha value is -6.40. The number of amides is 4. The highest BCUT2D eigenvalue weighted by Gasteiger charge is 2.31. The predicted molar refractivity (Wildman–Crippen MR) is 270 cm³/mol. The largest absolute Gasteiger partial charge is 0.491 e. The summed E-state index contributed by atoms with van der Waals surface area (Å²) in [6.45, 7) is 3.17. The first-order chi connectivity index (χ1) is 35.7. The number of ether oxygens (including phenoxy) is 8. The Morgan fingerprint density at radius 2 is 0.487 bits per heavy atom. The van der Waals surface area contributed by atoms with Crippen LogP contribution < -0.4 is 37.8 Å². The second-order valence-electron chi connectivity index (χ2n) is 17.0. The lowest BCUT2D eigenvalue weighted by Gasteiger charge is -2.25. The van der Waals surface area contributed by atoms with E-state index in [-0.39, 0.29) is 120 Å². The number of sulfonamides is 4. The standard InChI is InChI=1S/C48H60N4O20S4/c1-29(53)49-73(57,58)41-21-33-17-35-23-42(74(59,60)50-30(2)54)25-37(46(35)70-14-10-66-6)19-39-27-44(76(63,64)52-32(4)56)28-40(48(39)72-16-12-68-8)20-38-26-43(75(61,62)51-31(3)55)24-36(47(38)71-15-11-67-7)18-34(22-41)45(33)69-13-9-65-5/h21-28H,9-20H2,1-8H3,(H,49,53)(H,50,54)(H,51,55)(H,52,56). The lowest BCUT2D eigenvalue weighted by atomic mass is 9.91. The third-order valence-electron chi connectivity index (χ3n) is 10.9. The van der Waals surface area contributed by atoms with E-state index in [4.69, 9.17) is 37.9 Å². The van der Waals surface area contributed by atoms with E-state index in [1.807, 2.05) is 18.9 Å². The van der Waals surface area contributed by atoms with Crippen LogP contribution in [-0.2, 0) is 104 Å². The molecular weight excluding hydrogens is 1080 g/mol. The molecule has 0 radical (unpaired) electrons. The van der Waals surface area contributed by atoms with Gasteiger partial charge >= 0.3 is 0 Å². The topological polar surface area (TPSA) is 327 Å². The first-order valence-corrected chi connectivity index (χ1v) is 28.9. The van der Waals surface area contributed by atoms with E-state index in [9.17, 15) is 52.8 Å². The van der Waals surface area contributed by atoms with Crippen LogP contribution in [0.5, 0.6) is 23.0 Å². The van der Waals surface area contributed by atoms with Crippen LogP contribution in [0.4, 0.5) is 0 Å². The molecule has 0 fully saturated rings. The Morgan fingerprint density at radius 3 is 0.618 bits per heavy atom. The molecule has 4 amide bonds. The van der Waals surface area contributed by atoms with Crippen LogP contribution in [0.3, 0.4) is 0 Å². The zero-order chi connectivity index (χ0) is 56.2. The molecule has 0 saturated heterocycles. The molecule has 4 N–H and O–H groups in total. The summed E-state index contributed by atoms with van der Waals surface area (Å²) < 4.78 is 167. The number of rotatable bonds is 24. The van der Waals surface area contributed by atoms with Crippen LogP contribution in [0.15, 0.2) is 68.1 Å². The molecule has 4 aromatic carbocycles. The first kappa shape index (κ1) is 60.5. The Kier molecular flexibility index (Phi) is 20.8. The van der Waals surface area contributed by atoms with E-state index in [2.05, 4.69) is 0 Å². The maximum absolute atomic E-state index is 14.1. The van der Waals surface area contributed by atoms with Crippen molar-refractivity contribution in [1.29, 1.82) is 0 Å². The summed E-state index contributed by atoms with van der Waals surface area (Å²) in [4.78, 5) is 47.7. The number of benzene rings is 4. The molecule has 4 aromatic rings. The van der Waals surface area contributed by atoms with Gasteiger partial charge in [-0.15, -0.1) is 0 Å². The lowest BCUT2D eigenvalue weighted by molar-refractivity contribution is -0.118. The van der Waals surface area contributed by atoms with Gasteiger partial charge < -0.3 is 37.9 Å². The molecule has 1 aliphatic carbocycles. The van der Waals surface area contributed by atoms with Crippen molar-refractivity contribution < 1.29 is 90.7 Å². The third kappa shape index (κ3) is 15.8. The smallest absolute Gasteiger partial charge is 0.264 e. The highest BCUT2D eigenvalue weighted by atomic mass is 32.2. The second kappa shape index (κ2) is 26.1. The number of nitrogens with one attached hydrogen (secondary N) is 4. The van der Waals surface area contributed by atoms with Gasteiger partial charge in [0.1, 0.15) is 49.4 Å². The average Bonchev–Trinajstić information content (AvgIpc) is 3.30. The van der Waals surface area contributed by atoms with E-state index in [1.54, 1.807) is 0 Å². The molecule has 0 saturated carbocycles. The van der Waals surface area contributed by atoms with Gasteiger partial charge in [-0.25, -0.2) is 52.6 Å². The molecule has 8 bridgehead atoms. The summed E-state index contributed by atoms with van der Waals surface area (Å²) in [5, 5.41) is 0. The molecule has 0 heterocycles. The maximum Gasteiger partial charge on any atom is 0.264 e. The van der Waals surface area contributed by atoms with Crippen LogP contribution in [0.1, 0.15) is 72.2 Å². The van der Waals surface area contributed by atoms with E-state index in [1.165, 1.54) is 77.0 Å². The monoisotopic (exact) mass is 1140 g/mol. The Bertz CT molecular complexity index is 2780. The van der Waals surface area contributed by atoms with Crippen LogP contribution in [0.25, 0.3) is 0 Å². The molecule has 24 nitrogen and oxygen atoms in total. The average molecular weight is 1140 g/mol. The van der Waals surface area contributed by atoms with Crippen molar-refractivity contribution in [1.82, 2.24) is 18.9 Å². The minimum atomic E-state index is -4.73. The molecule has 0 spiro atoms. The summed E-state index contributed by atoms with van der Waals surface area (Å²) in [7, 11) is -13.3.